The van der Waals surface area contributed by atoms with E-state index in [2.05, 4.69) is 20.4 Å². The average Bonchev–Trinajstić information content (AvgIpc) is 3.31. The van der Waals surface area contributed by atoms with Crippen molar-refractivity contribution in [2.75, 3.05) is 5.32 Å². The van der Waals surface area contributed by atoms with Crippen LogP contribution in [0.4, 0.5) is 19.0 Å². The molecule has 3 heterocycles. The minimum Gasteiger partial charge on any atom is -0.304 e. The highest BCUT2D eigenvalue weighted by atomic mass is 32.1. The lowest BCUT2D eigenvalue weighted by Crippen LogP contribution is -2.13. The number of carbonyl (C=O) groups is 1. The number of fused-ring (bicyclic) bond motifs is 1. The highest BCUT2D eigenvalue weighted by Gasteiger charge is 2.32. The molecule has 11 heteroatoms. The number of aromatic nitrogens is 4. The van der Waals surface area contributed by atoms with Gasteiger partial charge in [-0.3, -0.25) is 14.5 Å². The van der Waals surface area contributed by atoms with E-state index in [9.17, 15) is 23.2 Å². The molecule has 4 aromatic rings. The van der Waals surface area contributed by atoms with Gasteiger partial charge in [-0.2, -0.15) is 23.5 Å². The Kier molecular flexibility index (Phi) is 5.16. The van der Waals surface area contributed by atoms with E-state index in [-0.39, 0.29) is 18.3 Å². The number of benzene rings is 1. The lowest BCUT2D eigenvalue weighted by Gasteiger charge is -2.07. The molecule has 0 saturated heterocycles. The lowest BCUT2D eigenvalue weighted by atomic mass is 10.1. The van der Waals surface area contributed by atoms with Gasteiger partial charge < -0.3 is 5.32 Å². The first-order valence-electron chi connectivity index (χ1n) is 8.90. The number of pyridine rings is 1. The molecule has 0 saturated carbocycles. The fraction of sp³-hybridized carbons (Fsp3) is 0.150. The van der Waals surface area contributed by atoms with E-state index < -0.39 is 11.9 Å². The summed E-state index contributed by atoms with van der Waals surface area (Å²) >= 11 is 1.19. The van der Waals surface area contributed by atoms with Crippen molar-refractivity contribution in [1.82, 2.24) is 19.7 Å². The van der Waals surface area contributed by atoms with Gasteiger partial charge in [0.05, 0.1) is 34.9 Å². The van der Waals surface area contributed by atoms with Crippen LogP contribution in [0.25, 0.3) is 10.9 Å². The number of nitrogens with one attached hydrogen (secondary N) is 1. The maximum absolute atomic E-state index is 12.7. The molecule has 3 aromatic heterocycles. The van der Waals surface area contributed by atoms with Gasteiger partial charge in [-0.1, -0.05) is 6.07 Å². The van der Waals surface area contributed by atoms with Gasteiger partial charge in [0.15, 0.2) is 5.82 Å². The zero-order valence-electron chi connectivity index (χ0n) is 15.9. The van der Waals surface area contributed by atoms with E-state index in [1.165, 1.54) is 22.1 Å². The van der Waals surface area contributed by atoms with E-state index in [1.807, 2.05) is 6.07 Å². The molecule has 0 aliphatic heterocycles. The quantitative estimate of drug-likeness (QED) is 0.506. The van der Waals surface area contributed by atoms with E-state index in [1.54, 1.807) is 30.6 Å². The van der Waals surface area contributed by atoms with Gasteiger partial charge in [-0.05, 0) is 36.8 Å². The van der Waals surface area contributed by atoms with Crippen molar-refractivity contribution in [3.63, 3.8) is 0 Å². The number of hydrogen-bond donors (Lipinski definition) is 1. The summed E-state index contributed by atoms with van der Waals surface area (Å²) in [6, 6.07) is 9.14. The van der Waals surface area contributed by atoms with Crippen molar-refractivity contribution < 1.29 is 18.0 Å². The van der Waals surface area contributed by atoms with E-state index >= 15 is 0 Å². The fourth-order valence-electron chi connectivity index (χ4n) is 3.00. The van der Waals surface area contributed by atoms with Crippen molar-refractivity contribution in [2.45, 2.75) is 19.6 Å². The molecule has 0 fully saturated rings. The zero-order valence-corrected chi connectivity index (χ0v) is 16.8. The van der Waals surface area contributed by atoms with Crippen LogP contribution < -0.4 is 5.32 Å². The van der Waals surface area contributed by atoms with Gasteiger partial charge in [-0.15, -0.1) is 11.3 Å². The van der Waals surface area contributed by atoms with Crippen molar-refractivity contribution in [3.05, 3.63) is 69.4 Å². The molecule has 0 spiro atoms. The summed E-state index contributed by atoms with van der Waals surface area (Å²) in [7, 11) is 0. The Hall–Kier alpha value is -3.78. The molecule has 4 rings (SSSR count). The Morgan fingerprint density at radius 1 is 1.26 bits per heavy atom. The molecule has 1 N–H and O–H groups in total. The third-order valence-corrected chi connectivity index (χ3v) is 5.44. The number of nitriles is 1. The van der Waals surface area contributed by atoms with E-state index in [4.69, 9.17) is 0 Å². The summed E-state index contributed by atoms with van der Waals surface area (Å²) in [5.41, 5.74) is 2.65. The second kappa shape index (κ2) is 7.81. The normalized spacial score (nSPS) is 11.5. The van der Waals surface area contributed by atoms with Gasteiger partial charge in [0.25, 0.3) is 5.91 Å². The van der Waals surface area contributed by atoms with Crippen LogP contribution in [0.5, 0.6) is 0 Å². The molecule has 1 amide bonds. The highest BCUT2D eigenvalue weighted by molar-refractivity contribution is 7.12. The monoisotopic (exact) mass is 442 g/mol. The SMILES string of the molecule is Cc1ncsc1C(=O)Nc1nn(Cc2ccc(C(F)(F)F)nc2)c2ccc(C#N)cc12. The van der Waals surface area contributed by atoms with Crippen LogP contribution in [-0.2, 0) is 12.7 Å². The number of alkyl halides is 3. The Balaban J connectivity index is 1.70. The molecule has 0 aliphatic carbocycles. The van der Waals surface area contributed by atoms with Crippen LogP contribution in [0.15, 0.2) is 42.0 Å². The maximum Gasteiger partial charge on any atom is 0.433 e. The summed E-state index contributed by atoms with van der Waals surface area (Å²) in [6.45, 7) is 1.84. The number of hydrogen-bond acceptors (Lipinski definition) is 6. The lowest BCUT2D eigenvalue weighted by molar-refractivity contribution is -0.141. The third kappa shape index (κ3) is 4.10. The van der Waals surface area contributed by atoms with Crippen LogP contribution in [-0.4, -0.2) is 25.7 Å². The van der Waals surface area contributed by atoms with E-state index in [0.29, 0.717) is 32.6 Å². The Bertz CT molecular complexity index is 1320. The third-order valence-electron chi connectivity index (χ3n) is 4.51. The molecule has 7 nitrogen and oxygen atoms in total. The highest BCUT2D eigenvalue weighted by Crippen LogP contribution is 2.28. The largest absolute Gasteiger partial charge is 0.433 e. The number of carbonyl (C=O) groups excluding carboxylic acids is 1. The first-order valence-corrected chi connectivity index (χ1v) is 9.78. The summed E-state index contributed by atoms with van der Waals surface area (Å²) in [6.07, 6.45) is -3.38. The smallest absolute Gasteiger partial charge is 0.304 e. The summed E-state index contributed by atoms with van der Waals surface area (Å²) in [5, 5.41) is 16.9. The topological polar surface area (TPSA) is 96.5 Å². The number of halogens is 3. The van der Waals surface area contributed by atoms with Gasteiger partial charge >= 0.3 is 6.18 Å². The number of aryl methyl sites for hydroxylation is 1. The fourth-order valence-corrected chi connectivity index (χ4v) is 3.70. The molecular weight excluding hydrogens is 429 g/mol. The van der Waals surface area contributed by atoms with Crippen molar-refractivity contribution in [3.8, 4) is 6.07 Å². The Labute approximate surface area is 177 Å². The molecule has 1 aromatic carbocycles. The van der Waals surface area contributed by atoms with Gasteiger partial charge in [-0.25, -0.2) is 4.98 Å². The van der Waals surface area contributed by atoms with E-state index in [0.717, 1.165) is 12.3 Å². The standard InChI is InChI=1S/C20H13F3N6OS/c1-11-17(31-10-26-11)19(30)27-18-14-6-12(7-24)2-4-15(14)29(28-18)9-13-3-5-16(25-8-13)20(21,22)23/h2-6,8,10H,9H2,1H3,(H,27,28,30). The number of rotatable bonds is 4. The minimum atomic E-state index is -4.52. The Morgan fingerprint density at radius 3 is 2.68 bits per heavy atom. The first kappa shape index (κ1) is 20.5. The van der Waals surface area contributed by atoms with Gasteiger partial charge in [0, 0.05) is 11.6 Å². The first-order chi connectivity index (χ1) is 14.8. The molecule has 0 unspecified atom stereocenters. The molecule has 0 radical (unpaired) electrons. The van der Waals surface area contributed by atoms with Crippen molar-refractivity contribution >= 4 is 34.0 Å². The summed E-state index contributed by atoms with van der Waals surface area (Å²) in [4.78, 5) is 20.6. The van der Waals surface area contributed by atoms with Crippen LogP contribution in [0, 0.1) is 18.3 Å². The number of thiazole rings is 1. The summed E-state index contributed by atoms with van der Waals surface area (Å²) in [5.74, 6) is -0.144. The molecule has 0 aliphatic rings. The molecule has 31 heavy (non-hydrogen) atoms. The Morgan fingerprint density at radius 2 is 2.06 bits per heavy atom. The second-order valence-electron chi connectivity index (χ2n) is 6.62. The molecule has 0 bridgehead atoms. The molecular formula is C20H13F3N6OS. The molecule has 156 valence electrons. The van der Waals surface area contributed by atoms with Crippen LogP contribution in [0.2, 0.25) is 0 Å². The maximum atomic E-state index is 12.7. The number of amides is 1. The zero-order chi connectivity index (χ0) is 22.2. The van der Waals surface area contributed by atoms with Crippen LogP contribution >= 0.6 is 11.3 Å². The summed E-state index contributed by atoms with van der Waals surface area (Å²) < 4.78 is 39.8. The molecule has 0 atom stereocenters. The van der Waals surface area contributed by atoms with Gasteiger partial charge in [0.2, 0.25) is 0 Å². The average molecular weight is 442 g/mol. The number of anilines is 1. The second-order valence-corrected chi connectivity index (χ2v) is 7.48. The minimum absolute atomic E-state index is 0.128. The predicted octanol–water partition coefficient (Wildman–Crippen LogP) is 4.39. The number of nitrogens with zero attached hydrogens (tertiary/aromatic N) is 5. The van der Waals surface area contributed by atoms with Crippen LogP contribution in [0.3, 0.4) is 0 Å². The van der Waals surface area contributed by atoms with Crippen molar-refractivity contribution in [2.24, 2.45) is 0 Å². The van der Waals surface area contributed by atoms with Gasteiger partial charge in [0.1, 0.15) is 10.6 Å². The van der Waals surface area contributed by atoms with Crippen LogP contribution in [0.1, 0.15) is 32.2 Å². The van der Waals surface area contributed by atoms with Crippen molar-refractivity contribution in [1.29, 1.82) is 5.26 Å². The predicted molar refractivity (Wildman–Crippen MR) is 108 cm³/mol.